The fourth-order valence-electron chi connectivity index (χ4n) is 3.23. The number of benzene rings is 2. The maximum absolute atomic E-state index is 13.4. The minimum absolute atomic E-state index is 0.113. The fourth-order valence-corrected chi connectivity index (χ4v) is 3.44. The van der Waals surface area contributed by atoms with Crippen LogP contribution in [-0.2, 0) is 11.3 Å². The second-order valence-corrected chi connectivity index (χ2v) is 8.51. The Kier molecular flexibility index (Phi) is 7.64. The first-order valence-electron chi connectivity index (χ1n) is 10.5. The first-order valence-corrected chi connectivity index (χ1v) is 10.9. The van der Waals surface area contributed by atoms with Gasteiger partial charge < -0.3 is 14.6 Å². The summed E-state index contributed by atoms with van der Waals surface area (Å²) in [5, 5.41) is 11.6. The zero-order valence-electron chi connectivity index (χ0n) is 18.6. The van der Waals surface area contributed by atoms with Gasteiger partial charge in [-0.1, -0.05) is 55.8 Å². The van der Waals surface area contributed by atoms with Crippen LogP contribution in [0, 0.1) is 5.92 Å². The third-order valence-corrected chi connectivity index (χ3v) is 5.37. The van der Waals surface area contributed by atoms with Crippen LogP contribution in [0.25, 0.3) is 11.5 Å². The quantitative estimate of drug-likeness (QED) is 0.538. The Bertz CT molecular complexity index is 1070. The Balaban J connectivity index is 1.78. The van der Waals surface area contributed by atoms with E-state index in [0.29, 0.717) is 27.9 Å². The first-order chi connectivity index (χ1) is 15.3. The minimum Gasteiger partial charge on any atom is -0.419 e. The number of amides is 2. The second kappa shape index (κ2) is 10.4. The summed E-state index contributed by atoms with van der Waals surface area (Å²) in [5.41, 5.74) is 1.13. The molecule has 1 unspecified atom stereocenters. The Hall–Kier alpha value is -3.19. The summed E-state index contributed by atoms with van der Waals surface area (Å²) in [6.45, 7) is 7.72. The van der Waals surface area contributed by atoms with Crippen molar-refractivity contribution in [3.8, 4) is 11.5 Å². The summed E-state index contributed by atoms with van der Waals surface area (Å²) in [4.78, 5) is 27.7. The van der Waals surface area contributed by atoms with Gasteiger partial charge in [0.1, 0.15) is 6.04 Å². The molecule has 7 nitrogen and oxygen atoms in total. The molecular weight excluding hydrogens is 428 g/mol. The molecule has 2 aromatic carbocycles. The van der Waals surface area contributed by atoms with Crippen LogP contribution in [0.3, 0.4) is 0 Å². The van der Waals surface area contributed by atoms with Gasteiger partial charge in [0, 0.05) is 11.6 Å². The summed E-state index contributed by atoms with van der Waals surface area (Å²) in [5.74, 6) is -0.0342. The van der Waals surface area contributed by atoms with Gasteiger partial charge in [0.2, 0.25) is 17.7 Å². The van der Waals surface area contributed by atoms with Gasteiger partial charge >= 0.3 is 0 Å². The molecule has 0 saturated heterocycles. The average molecular weight is 455 g/mol. The average Bonchev–Trinajstić information content (AvgIpc) is 3.24. The maximum Gasteiger partial charge on any atom is 0.251 e. The highest BCUT2D eigenvalue weighted by Gasteiger charge is 2.31. The molecule has 1 heterocycles. The largest absolute Gasteiger partial charge is 0.419 e. The van der Waals surface area contributed by atoms with E-state index in [1.165, 1.54) is 0 Å². The van der Waals surface area contributed by atoms with Crippen molar-refractivity contribution in [2.45, 2.75) is 46.3 Å². The summed E-state index contributed by atoms with van der Waals surface area (Å²) < 4.78 is 5.78. The van der Waals surface area contributed by atoms with Crippen molar-refractivity contribution in [2.75, 3.05) is 0 Å². The molecule has 168 valence electrons. The number of nitrogens with zero attached hydrogens (tertiary/aromatic N) is 3. The lowest BCUT2D eigenvalue weighted by Crippen LogP contribution is -2.52. The molecular formula is C24H27ClN4O3. The normalized spacial score (nSPS) is 12.1. The van der Waals surface area contributed by atoms with E-state index < -0.39 is 6.04 Å². The van der Waals surface area contributed by atoms with E-state index in [0.717, 1.165) is 0 Å². The zero-order valence-corrected chi connectivity index (χ0v) is 19.3. The molecule has 0 fully saturated rings. The number of rotatable bonds is 8. The van der Waals surface area contributed by atoms with Crippen LogP contribution in [0.5, 0.6) is 0 Å². The molecule has 0 aliphatic heterocycles. The molecule has 1 atom stereocenters. The van der Waals surface area contributed by atoms with E-state index in [9.17, 15) is 9.59 Å². The Morgan fingerprint density at radius 3 is 2.28 bits per heavy atom. The highest BCUT2D eigenvalue weighted by Crippen LogP contribution is 2.26. The predicted octanol–water partition coefficient (Wildman–Crippen LogP) is 4.58. The molecule has 1 N–H and O–H groups in total. The molecule has 0 aliphatic carbocycles. The molecule has 1 aromatic heterocycles. The number of carbonyl (C=O) groups excluding carboxylic acids is 2. The molecule has 32 heavy (non-hydrogen) atoms. The Morgan fingerprint density at radius 1 is 1.00 bits per heavy atom. The smallest absolute Gasteiger partial charge is 0.251 e. The third kappa shape index (κ3) is 5.53. The van der Waals surface area contributed by atoms with E-state index in [2.05, 4.69) is 15.5 Å². The van der Waals surface area contributed by atoms with Crippen LogP contribution in [0.15, 0.2) is 59.0 Å². The number of nitrogens with one attached hydrogen (secondary N) is 1. The number of hydrogen-bond donors (Lipinski definition) is 1. The summed E-state index contributed by atoms with van der Waals surface area (Å²) in [6, 6.07) is 15.2. The van der Waals surface area contributed by atoms with Gasteiger partial charge in [-0.25, -0.2) is 0 Å². The highest BCUT2D eigenvalue weighted by atomic mass is 35.5. The molecule has 0 spiro atoms. The lowest BCUT2D eigenvalue weighted by Gasteiger charge is -2.31. The molecule has 8 heteroatoms. The van der Waals surface area contributed by atoms with Crippen molar-refractivity contribution in [2.24, 2.45) is 5.92 Å². The Labute approximate surface area is 192 Å². The lowest BCUT2D eigenvalue weighted by atomic mass is 10.0. The number of hydrogen-bond acceptors (Lipinski definition) is 5. The van der Waals surface area contributed by atoms with Gasteiger partial charge in [-0.05, 0) is 44.0 Å². The second-order valence-electron chi connectivity index (χ2n) is 8.10. The summed E-state index contributed by atoms with van der Waals surface area (Å²) in [7, 11) is 0. The van der Waals surface area contributed by atoms with Crippen LogP contribution < -0.4 is 5.32 Å². The van der Waals surface area contributed by atoms with E-state index in [1.807, 2.05) is 45.9 Å². The summed E-state index contributed by atoms with van der Waals surface area (Å²) >= 11 is 6.22. The van der Waals surface area contributed by atoms with E-state index in [-0.39, 0.29) is 30.3 Å². The lowest BCUT2D eigenvalue weighted by molar-refractivity contribution is -0.137. The SMILES string of the molecule is CC(C)C(NC(=O)c1ccccc1)C(=O)N(Cc1nnc(-c2ccccc2Cl)o1)C(C)C. The van der Waals surface area contributed by atoms with Gasteiger partial charge in [0.15, 0.2) is 0 Å². The van der Waals surface area contributed by atoms with E-state index >= 15 is 0 Å². The highest BCUT2D eigenvalue weighted by molar-refractivity contribution is 6.33. The molecule has 0 radical (unpaired) electrons. The zero-order chi connectivity index (χ0) is 23.3. The maximum atomic E-state index is 13.4. The first kappa shape index (κ1) is 23.5. The number of halogens is 1. The van der Waals surface area contributed by atoms with Crippen molar-refractivity contribution in [1.82, 2.24) is 20.4 Å². The van der Waals surface area contributed by atoms with E-state index in [1.54, 1.807) is 41.3 Å². The topological polar surface area (TPSA) is 88.3 Å². The summed E-state index contributed by atoms with van der Waals surface area (Å²) in [6.07, 6.45) is 0. The van der Waals surface area contributed by atoms with Crippen molar-refractivity contribution in [1.29, 1.82) is 0 Å². The van der Waals surface area contributed by atoms with Gasteiger partial charge in [-0.2, -0.15) is 0 Å². The standard InChI is InChI=1S/C24H27ClN4O3/c1-15(2)21(26-22(30)17-10-6-5-7-11-17)24(31)29(16(3)4)14-20-27-28-23(32-20)18-12-8-9-13-19(18)25/h5-13,15-16,21H,14H2,1-4H3,(H,26,30). The van der Waals surface area contributed by atoms with Crippen LogP contribution in [-0.4, -0.2) is 39.0 Å². The Morgan fingerprint density at radius 2 is 1.66 bits per heavy atom. The van der Waals surface area contributed by atoms with Crippen LogP contribution >= 0.6 is 11.6 Å². The minimum atomic E-state index is -0.698. The van der Waals surface area contributed by atoms with E-state index in [4.69, 9.17) is 16.0 Å². The molecule has 3 aromatic rings. The molecule has 3 rings (SSSR count). The van der Waals surface area contributed by atoms with Crippen LogP contribution in [0.4, 0.5) is 0 Å². The van der Waals surface area contributed by atoms with Crippen LogP contribution in [0.2, 0.25) is 5.02 Å². The molecule has 2 amide bonds. The monoisotopic (exact) mass is 454 g/mol. The fraction of sp³-hybridized carbons (Fsp3) is 0.333. The van der Waals surface area contributed by atoms with Crippen molar-refractivity contribution in [3.63, 3.8) is 0 Å². The van der Waals surface area contributed by atoms with Gasteiger partial charge in [0.25, 0.3) is 5.91 Å². The number of aromatic nitrogens is 2. The predicted molar refractivity (Wildman–Crippen MR) is 123 cm³/mol. The molecule has 0 saturated carbocycles. The van der Waals surface area contributed by atoms with Crippen molar-refractivity contribution in [3.05, 3.63) is 71.1 Å². The van der Waals surface area contributed by atoms with Crippen molar-refractivity contribution >= 4 is 23.4 Å². The molecule has 0 bridgehead atoms. The van der Waals surface area contributed by atoms with Gasteiger partial charge in [-0.15, -0.1) is 10.2 Å². The third-order valence-electron chi connectivity index (χ3n) is 5.04. The van der Waals surface area contributed by atoms with Gasteiger partial charge in [0.05, 0.1) is 17.1 Å². The number of carbonyl (C=O) groups is 2. The van der Waals surface area contributed by atoms with Crippen LogP contribution in [0.1, 0.15) is 43.9 Å². The molecule has 0 aliphatic rings. The van der Waals surface area contributed by atoms with Crippen molar-refractivity contribution < 1.29 is 14.0 Å². The van der Waals surface area contributed by atoms with Gasteiger partial charge in [-0.3, -0.25) is 9.59 Å².